The van der Waals surface area contributed by atoms with Crippen LogP contribution in [0.4, 0.5) is 4.39 Å². The van der Waals surface area contributed by atoms with Gasteiger partial charge in [-0.15, -0.1) is 0 Å². The minimum Gasteiger partial charge on any atom is -0.388 e. The van der Waals surface area contributed by atoms with Gasteiger partial charge in [-0.2, -0.15) is 0 Å². The second-order valence-corrected chi connectivity index (χ2v) is 5.46. The highest BCUT2D eigenvalue weighted by Gasteiger charge is 2.20. The molecule has 0 aliphatic heterocycles. The molecule has 100 valence electrons. The molecule has 1 aromatic carbocycles. The molecule has 0 bridgehead atoms. The van der Waals surface area contributed by atoms with Crippen molar-refractivity contribution in [2.75, 3.05) is 0 Å². The average molecular weight is 280 g/mol. The van der Waals surface area contributed by atoms with Crippen molar-refractivity contribution < 1.29 is 9.50 Å². The van der Waals surface area contributed by atoms with Gasteiger partial charge in [-0.1, -0.05) is 11.6 Å². The Morgan fingerprint density at radius 1 is 1.37 bits per heavy atom. The van der Waals surface area contributed by atoms with Crippen LogP contribution in [0.15, 0.2) is 30.6 Å². The average Bonchev–Trinajstić information content (AvgIpc) is 2.78. The summed E-state index contributed by atoms with van der Waals surface area (Å²) in [5.74, 6) is -0.281. The number of aliphatic hydroxyl groups is 1. The molecule has 1 N–H and O–H groups in total. The van der Waals surface area contributed by atoms with E-state index in [-0.39, 0.29) is 11.9 Å². The van der Waals surface area contributed by atoms with Crippen LogP contribution in [0.25, 0.3) is 0 Å². The highest BCUT2D eigenvalue weighted by Crippen LogP contribution is 2.30. The van der Waals surface area contributed by atoms with Crippen LogP contribution in [0, 0.1) is 5.82 Å². The van der Waals surface area contributed by atoms with E-state index in [2.05, 4.69) is 0 Å². The van der Waals surface area contributed by atoms with E-state index in [0.29, 0.717) is 11.6 Å². The van der Waals surface area contributed by atoms with Gasteiger partial charge in [0.1, 0.15) is 5.82 Å². The van der Waals surface area contributed by atoms with Crippen molar-refractivity contribution in [3.8, 4) is 0 Å². The molecular formula is C15H15ClFNO. The molecule has 0 radical (unpaired) electrons. The lowest BCUT2D eigenvalue weighted by Crippen LogP contribution is -2.05. The largest absolute Gasteiger partial charge is 0.388 e. The van der Waals surface area contributed by atoms with Crippen molar-refractivity contribution in [3.05, 3.63) is 58.1 Å². The molecule has 0 amide bonds. The fourth-order valence-electron chi connectivity index (χ4n) is 2.68. The van der Waals surface area contributed by atoms with Crippen LogP contribution in [0.2, 0.25) is 5.02 Å². The number of fused-ring (bicyclic) bond motifs is 1. The number of aryl methyl sites for hydroxylation is 1. The molecule has 2 nitrogen and oxygen atoms in total. The van der Waals surface area contributed by atoms with Crippen molar-refractivity contribution in [2.45, 2.75) is 31.9 Å². The fourth-order valence-corrected chi connectivity index (χ4v) is 2.85. The van der Waals surface area contributed by atoms with Crippen LogP contribution in [0.3, 0.4) is 0 Å². The summed E-state index contributed by atoms with van der Waals surface area (Å²) < 4.78 is 15.2. The Kier molecular flexibility index (Phi) is 3.33. The van der Waals surface area contributed by atoms with E-state index in [1.165, 1.54) is 17.7 Å². The van der Waals surface area contributed by atoms with Crippen molar-refractivity contribution in [2.24, 2.45) is 0 Å². The highest BCUT2D eigenvalue weighted by atomic mass is 35.5. The normalized spacial score (nSPS) is 18.4. The third-order valence-electron chi connectivity index (χ3n) is 3.64. The lowest BCUT2D eigenvalue weighted by Gasteiger charge is -2.16. The second-order valence-electron chi connectivity index (χ2n) is 5.05. The summed E-state index contributed by atoms with van der Waals surface area (Å²) in [6, 6.07) is 4.39. The number of aromatic nitrogens is 1. The topological polar surface area (TPSA) is 25.2 Å². The second kappa shape index (κ2) is 4.99. The Balaban J connectivity index is 1.89. The molecule has 0 fully saturated rings. The summed E-state index contributed by atoms with van der Waals surface area (Å²) in [5, 5.41) is 10.5. The van der Waals surface area contributed by atoms with Crippen molar-refractivity contribution in [1.29, 1.82) is 0 Å². The zero-order valence-corrected chi connectivity index (χ0v) is 11.2. The monoisotopic (exact) mass is 279 g/mol. The lowest BCUT2D eigenvalue weighted by molar-refractivity contribution is 0.157. The molecule has 19 heavy (non-hydrogen) atoms. The number of hydrogen-bond donors (Lipinski definition) is 1. The molecule has 2 aromatic rings. The minimum atomic E-state index is -0.368. The van der Waals surface area contributed by atoms with Crippen molar-refractivity contribution >= 4 is 11.6 Å². The summed E-state index contributed by atoms with van der Waals surface area (Å²) in [5.41, 5.74) is 2.94. The highest BCUT2D eigenvalue weighted by molar-refractivity contribution is 6.31. The molecule has 1 aromatic heterocycles. The standard InChI is InChI=1S/C15H15ClFNO/c16-14-5-4-12(17)6-11(14)8-18-7-10-2-1-3-15(19)13(10)9-18/h4-7,9,15,19H,1-3,8H2. The van der Waals surface area contributed by atoms with Gasteiger partial charge in [-0.25, -0.2) is 4.39 Å². The number of rotatable bonds is 2. The van der Waals surface area contributed by atoms with E-state index in [1.807, 2.05) is 17.0 Å². The maximum atomic E-state index is 13.2. The SMILES string of the molecule is OC1CCCc2cn(Cc3cc(F)ccc3Cl)cc21. The van der Waals surface area contributed by atoms with Crippen LogP contribution in [0.5, 0.6) is 0 Å². The lowest BCUT2D eigenvalue weighted by atomic mass is 9.93. The van der Waals surface area contributed by atoms with Crippen LogP contribution in [-0.4, -0.2) is 9.67 Å². The first kappa shape index (κ1) is 12.7. The quantitative estimate of drug-likeness (QED) is 0.891. The maximum Gasteiger partial charge on any atom is 0.123 e. The Bertz CT molecular complexity index is 608. The van der Waals surface area contributed by atoms with Crippen LogP contribution in [0.1, 0.15) is 35.6 Å². The van der Waals surface area contributed by atoms with E-state index in [0.717, 1.165) is 30.4 Å². The van der Waals surface area contributed by atoms with Crippen molar-refractivity contribution in [1.82, 2.24) is 4.57 Å². The van der Waals surface area contributed by atoms with Gasteiger partial charge in [0.05, 0.1) is 6.10 Å². The number of halogens is 2. The van der Waals surface area contributed by atoms with E-state index in [9.17, 15) is 9.50 Å². The summed E-state index contributed by atoms with van der Waals surface area (Å²) in [6.07, 6.45) is 6.43. The summed E-state index contributed by atoms with van der Waals surface area (Å²) in [4.78, 5) is 0. The first-order valence-electron chi connectivity index (χ1n) is 6.44. The third-order valence-corrected chi connectivity index (χ3v) is 4.01. The van der Waals surface area contributed by atoms with Gasteiger partial charge in [0.15, 0.2) is 0 Å². The first-order valence-corrected chi connectivity index (χ1v) is 6.82. The molecule has 1 heterocycles. The van der Waals surface area contributed by atoms with E-state index >= 15 is 0 Å². The number of hydrogen-bond acceptors (Lipinski definition) is 1. The number of aliphatic hydroxyl groups excluding tert-OH is 1. The predicted molar refractivity (Wildman–Crippen MR) is 72.8 cm³/mol. The van der Waals surface area contributed by atoms with Crippen molar-refractivity contribution in [3.63, 3.8) is 0 Å². The Labute approximate surface area is 116 Å². The van der Waals surface area contributed by atoms with Crippen LogP contribution < -0.4 is 0 Å². The maximum absolute atomic E-state index is 13.2. The van der Waals surface area contributed by atoms with Gasteiger partial charge in [0, 0.05) is 29.5 Å². The Hall–Kier alpha value is -1.32. The van der Waals surface area contributed by atoms with E-state index in [1.54, 1.807) is 6.07 Å². The molecule has 0 saturated carbocycles. The first-order chi connectivity index (χ1) is 9.13. The Morgan fingerprint density at radius 3 is 3.00 bits per heavy atom. The predicted octanol–water partition coefficient (Wildman–Crippen LogP) is 3.70. The molecule has 4 heteroatoms. The zero-order chi connectivity index (χ0) is 13.4. The third kappa shape index (κ3) is 2.53. The minimum absolute atomic E-state index is 0.281. The zero-order valence-electron chi connectivity index (χ0n) is 10.4. The van der Waals surface area contributed by atoms with Gasteiger partial charge in [-0.3, -0.25) is 0 Å². The molecule has 1 aliphatic carbocycles. The van der Waals surface area contributed by atoms with Crippen LogP contribution in [-0.2, 0) is 13.0 Å². The van der Waals surface area contributed by atoms with Gasteiger partial charge < -0.3 is 9.67 Å². The Morgan fingerprint density at radius 2 is 2.21 bits per heavy atom. The van der Waals surface area contributed by atoms with Gasteiger partial charge in [0.2, 0.25) is 0 Å². The summed E-state index contributed by atoms with van der Waals surface area (Å²) in [6.45, 7) is 0.524. The number of nitrogens with zero attached hydrogens (tertiary/aromatic N) is 1. The number of benzene rings is 1. The van der Waals surface area contributed by atoms with E-state index in [4.69, 9.17) is 11.6 Å². The molecule has 1 atom stereocenters. The molecule has 0 spiro atoms. The van der Waals surface area contributed by atoms with Crippen LogP contribution >= 0.6 is 11.6 Å². The molecule has 1 aliphatic rings. The van der Waals surface area contributed by atoms with E-state index < -0.39 is 0 Å². The summed E-state index contributed by atoms with van der Waals surface area (Å²) >= 11 is 6.07. The van der Waals surface area contributed by atoms with Gasteiger partial charge in [0.25, 0.3) is 0 Å². The molecule has 1 unspecified atom stereocenters. The summed E-state index contributed by atoms with van der Waals surface area (Å²) in [7, 11) is 0. The van der Waals surface area contributed by atoms with Gasteiger partial charge in [-0.05, 0) is 48.6 Å². The molecular weight excluding hydrogens is 265 g/mol. The molecule has 3 rings (SSSR count). The molecule has 0 saturated heterocycles. The smallest absolute Gasteiger partial charge is 0.123 e. The van der Waals surface area contributed by atoms with Gasteiger partial charge >= 0.3 is 0 Å². The fraction of sp³-hybridized carbons (Fsp3) is 0.333.